The predicted octanol–water partition coefficient (Wildman–Crippen LogP) is 4.14. The van der Waals surface area contributed by atoms with Crippen LogP contribution < -0.4 is 0 Å². The van der Waals surface area contributed by atoms with Crippen molar-refractivity contribution in [2.75, 3.05) is 19.4 Å². The van der Waals surface area contributed by atoms with E-state index in [-0.39, 0.29) is 24.2 Å². The first kappa shape index (κ1) is 19.4. The molecule has 1 fully saturated rings. The van der Waals surface area contributed by atoms with Crippen LogP contribution in [0.5, 0.6) is 0 Å². The van der Waals surface area contributed by atoms with E-state index in [2.05, 4.69) is 0 Å². The topological polar surface area (TPSA) is 72.7 Å². The van der Waals surface area contributed by atoms with Crippen LogP contribution in [0, 0.1) is 10.1 Å². The van der Waals surface area contributed by atoms with Gasteiger partial charge in [0.25, 0.3) is 11.6 Å². The molecule has 0 saturated carbocycles. The molecule has 2 aromatic carbocycles. The van der Waals surface area contributed by atoms with Gasteiger partial charge in [0, 0.05) is 35.9 Å². The third-order valence-electron chi connectivity index (χ3n) is 4.51. The van der Waals surface area contributed by atoms with E-state index in [1.54, 1.807) is 43.1 Å². The molecule has 27 heavy (non-hydrogen) atoms. The Hall–Kier alpha value is -2.38. The van der Waals surface area contributed by atoms with E-state index in [0.29, 0.717) is 11.1 Å². The van der Waals surface area contributed by atoms with Crippen LogP contribution in [-0.4, -0.2) is 41.2 Å². The third kappa shape index (κ3) is 4.87. The summed E-state index contributed by atoms with van der Waals surface area (Å²) < 4.78 is 5.66. The summed E-state index contributed by atoms with van der Waals surface area (Å²) in [6.07, 6.45) is 2.38. The molecule has 1 atom stereocenters. The average molecular weight is 386 g/mol. The molecule has 0 aromatic heterocycles. The molecule has 1 saturated heterocycles. The number of carbonyl (C=O) groups excluding carboxylic acids is 1. The molecule has 3 rings (SSSR count). The minimum atomic E-state index is -0.418. The zero-order chi connectivity index (χ0) is 19.2. The van der Waals surface area contributed by atoms with Crippen molar-refractivity contribution in [1.82, 2.24) is 4.90 Å². The Balaban J connectivity index is 1.72. The fraction of sp³-hybridized carbons (Fsp3) is 0.350. The molecular weight excluding hydrogens is 364 g/mol. The first-order valence-corrected chi connectivity index (χ1v) is 9.86. The summed E-state index contributed by atoms with van der Waals surface area (Å²) in [6, 6.07) is 14.0. The van der Waals surface area contributed by atoms with Crippen LogP contribution in [0.15, 0.2) is 53.4 Å². The number of carbonyl (C=O) groups is 1. The van der Waals surface area contributed by atoms with Gasteiger partial charge in [0.1, 0.15) is 0 Å². The Kier molecular flexibility index (Phi) is 6.47. The Morgan fingerprint density at radius 2 is 2.00 bits per heavy atom. The van der Waals surface area contributed by atoms with Crippen molar-refractivity contribution in [1.29, 1.82) is 0 Å². The van der Waals surface area contributed by atoms with Crippen molar-refractivity contribution in [3.63, 3.8) is 0 Å². The van der Waals surface area contributed by atoms with E-state index < -0.39 is 4.92 Å². The number of nitro groups is 1. The van der Waals surface area contributed by atoms with Crippen LogP contribution in [0.2, 0.25) is 0 Å². The maximum Gasteiger partial charge on any atom is 0.274 e. The molecule has 0 aliphatic carbocycles. The molecule has 0 bridgehead atoms. The lowest BCUT2D eigenvalue weighted by atomic mass is 10.1. The molecule has 1 amide bonds. The van der Waals surface area contributed by atoms with Gasteiger partial charge in [-0.25, -0.2) is 0 Å². The molecular formula is C20H22N2O4S. The van der Waals surface area contributed by atoms with Crippen LogP contribution in [0.4, 0.5) is 5.69 Å². The van der Waals surface area contributed by atoms with Crippen molar-refractivity contribution >= 4 is 23.4 Å². The second-order valence-electron chi connectivity index (χ2n) is 6.49. The summed E-state index contributed by atoms with van der Waals surface area (Å²) in [5, 5.41) is 11.2. The molecule has 0 radical (unpaired) electrons. The number of amides is 1. The number of hydrogen-bond acceptors (Lipinski definition) is 5. The number of ether oxygens (including phenoxy) is 1. The Bertz CT molecular complexity index is 821. The molecule has 6 nitrogen and oxygen atoms in total. The lowest BCUT2D eigenvalue weighted by Gasteiger charge is -2.19. The van der Waals surface area contributed by atoms with E-state index in [0.717, 1.165) is 30.1 Å². The van der Waals surface area contributed by atoms with Gasteiger partial charge in [0.05, 0.1) is 23.1 Å². The highest BCUT2D eigenvalue weighted by molar-refractivity contribution is 7.99. The maximum atomic E-state index is 13.0. The molecule has 2 aromatic rings. The SMILES string of the molecule is CN(Cc1ccccc1[N+](=O)[O-])C(=O)c1ccccc1SCC1CCCO1. The quantitative estimate of drug-likeness (QED) is 0.406. The number of nitrogens with zero attached hydrogens (tertiary/aromatic N) is 2. The van der Waals surface area contributed by atoms with E-state index in [1.807, 2.05) is 18.2 Å². The zero-order valence-electron chi connectivity index (χ0n) is 15.2. The lowest BCUT2D eigenvalue weighted by molar-refractivity contribution is -0.385. The fourth-order valence-corrected chi connectivity index (χ4v) is 4.20. The Labute approximate surface area is 162 Å². The summed E-state index contributed by atoms with van der Waals surface area (Å²) in [6.45, 7) is 0.991. The molecule has 0 spiro atoms. The van der Waals surface area contributed by atoms with Crippen molar-refractivity contribution in [2.24, 2.45) is 0 Å². The summed E-state index contributed by atoms with van der Waals surface area (Å²) in [5.41, 5.74) is 1.16. The van der Waals surface area contributed by atoms with Crippen LogP contribution in [0.3, 0.4) is 0 Å². The van der Waals surface area contributed by atoms with E-state index >= 15 is 0 Å². The van der Waals surface area contributed by atoms with Gasteiger partial charge in [-0.15, -0.1) is 11.8 Å². The lowest BCUT2D eigenvalue weighted by Crippen LogP contribution is -2.27. The third-order valence-corrected chi connectivity index (χ3v) is 5.71. The summed E-state index contributed by atoms with van der Waals surface area (Å²) in [7, 11) is 1.67. The second kappa shape index (κ2) is 9.01. The number of nitro benzene ring substituents is 1. The molecule has 1 unspecified atom stereocenters. The predicted molar refractivity (Wildman–Crippen MR) is 105 cm³/mol. The minimum Gasteiger partial charge on any atom is -0.377 e. The smallest absolute Gasteiger partial charge is 0.274 e. The minimum absolute atomic E-state index is 0.0261. The number of thioether (sulfide) groups is 1. The molecule has 142 valence electrons. The molecule has 1 aliphatic heterocycles. The van der Waals surface area contributed by atoms with Gasteiger partial charge < -0.3 is 9.64 Å². The van der Waals surface area contributed by atoms with Crippen LogP contribution in [0.25, 0.3) is 0 Å². The molecule has 1 heterocycles. The Morgan fingerprint density at radius 1 is 1.26 bits per heavy atom. The molecule has 1 aliphatic rings. The van der Waals surface area contributed by atoms with Crippen LogP contribution in [-0.2, 0) is 11.3 Å². The normalized spacial score (nSPS) is 16.3. The highest BCUT2D eigenvalue weighted by atomic mass is 32.2. The first-order chi connectivity index (χ1) is 13.1. The van der Waals surface area contributed by atoms with E-state index in [1.165, 1.54) is 11.0 Å². The van der Waals surface area contributed by atoms with E-state index in [4.69, 9.17) is 4.74 Å². The van der Waals surface area contributed by atoms with Crippen molar-refractivity contribution in [2.45, 2.75) is 30.4 Å². The van der Waals surface area contributed by atoms with Gasteiger partial charge in [0.15, 0.2) is 0 Å². The van der Waals surface area contributed by atoms with Gasteiger partial charge in [0.2, 0.25) is 0 Å². The number of hydrogen-bond donors (Lipinski definition) is 0. The molecule has 0 N–H and O–H groups in total. The van der Waals surface area contributed by atoms with E-state index in [9.17, 15) is 14.9 Å². The van der Waals surface area contributed by atoms with Gasteiger partial charge in [-0.3, -0.25) is 14.9 Å². The maximum absolute atomic E-state index is 13.0. The van der Waals surface area contributed by atoms with Gasteiger partial charge in [-0.2, -0.15) is 0 Å². The Morgan fingerprint density at radius 3 is 2.74 bits per heavy atom. The number of benzene rings is 2. The average Bonchev–Trinajstić information content (AvgIpc) is 3.20. The zero-order valence-corrected chi connectivity index (χ0v) is 16.0. The van der Waals surface area contributed by atoms with Crippen molar-refractivity contribution < 1.29 is 14.5 Å². The fourth-order valence-electron chi connectivity index (χ4n) is 3.08. The van der Waals surface area contributed by atoms with Crippen LogP contribution >= 0.6 is 11.8 Å². The summed E-state index contributed by atoms with van der Waals surface area (Å²) in [4.78, 5) is 26.2. The number of para-hydroxylation sites is 1. The van der Waals surface area contributed by atoms with Gasteiger partial charge in [-0.05, 0) is 25.0 Å². The highest BCUT2D eigenvalue weighted by Crippen LogP contribution is 2.28. The number of rotatable bonds is 7. The van der Waals surface area contributed by atoms with Gasteiger partial charge >= 0.3 is 0 Å². The van der Waals surface area contributed by atoms with Gasteiger partial charge in [-0.1, -0.05) is 30.3 Å². The molecule has 7 heteroatoms. The summed E-state index contributed by atoms with van der Waals surface area (Å²) >= 11 is 1.62. The van der Waals surface area contributed by atoms with Crippen molar-refractivity contribution in [3.8, 4) is 0 Å². The monoisotopic (exact) mass is 386 g/mol. The largest absolute Gasteiger partial charge is 0.377 e. The second-order valence-corrected chi connectivity index (χ2v) is 7.55. The standard InChI is InChI=1S/C20H22N2O4S/c1-21(13-15-7-2-4-10-18(15)22(24)25)20(23)17-9-3-5-11-19(17)27-14-16-8-6-12-26-16/h2-5,7,9-11,16H,6,8,12-14H2,1H3. The van der Waals surface area contributed by atoms with Crippen molar-refractivity contribution in [3.05, 3.63) is 69.8 Å². The highest BCUT2D eigenvalue weighted by Gasteiger charge is 2.21. The van der Waals surface area contributed by atoms with Crippen LogP contribution in [0.1, 0.15) is 28.8 Å². The first-order valence-electron chi connectivity index (χ1n) is 8.87. The summed E-state index contributed by atoms with van der Waals surface area (Å²) in [5.74, 6) is 0.668.